The van der Waals surface area contributed by atoms with Gasteiger partial charge in [0.25, 0.3) is 0 Å². The second kappa shape index (κ2) is 7.76. The van der Waals surface area contributed by atoms with E-state index in [1.807, 2.05) is 0 Å². The van der Waals surface area contributed by atoms with Gasteiger partial charge in [-0.25, -0.2) is 18.3 Å². The molecule has 0 unspecified atom stereocenters. The molecule has 0 aliphatic heterocycles. The fourth-order valence-electron chi connectivity index (χ4n) is 0.947. The standard InChI is InChI=1S/C6H13N5O4P2/c7-5(8)10-6(9)11(1-3-16(12)13)2-4-17(14)15/h1-4H2,(H5,7,8,9,10). The molecule has 0 bridgehead atoms. The smallest absolute Gasteiger partial charge is 0.317 e. The molecule has 96 valence electrons. The topological polar surface area (TPSA) is 157 Å². The van der Waals surface area contributed by atoms with E-state index in [0.717, 1.165) is 0 Å². The van der Waals surface area contributed by atoms with Gasteiger partial charge in [-0.1, -0.05) is 0 Å². The minimum Gasteiger partial charge on any atom is -0.370 e. The molecule has 17 heavy (non-hydrogen) atoms. The molecule has 0 aliphatic rings. The highest BCUT2D eigenvalue weighted by molar-refractivity contribution is 7.31. The molecule has 9 nitrogen and oxygen atoms in total. The first-order valence-electron chi connectivity index (χ1n) is 4.51. The highest BCUT2D eigenvalue weighted by Crippen LogP contribution is 2.06. The average molecular weight is 281 g/mol. The van der Waals surface area contributed by atoms with E-state index >= 15 is 0 Å². The van der Waals surface area contributed by atoms with Crippen molar-refractivity contribution in [3.8, 4) is 0 Å². The van der Waals surface area contributed by atoms with Crippen molar-refractivity contribution < 1.29 is 18.3 Å². The summed E-state index contributed by atoms with van der Waals surface area (Å²) >= 11 is 0. The lowest BCUT2D eigenvalue weighted by Crippen LogP contribution is -2.47. The Kier molecular flexibility index (Phi) is 7.09. The van der Waals surface area contributed by atoms with E-state index in [9.17, 15) is 18.3 Å². The van der Waals surface area contributed by atoms with Crippen molar-refractivity contribution in [1.82, 2.24) is 10.2 Å². The average Bonchev–Trinajstić information content (AvgIpc) is 2.15. The Labute approximate surface area is 98.4 Å². The number of guanidine groups is 2. The van der Waals surface area contributed by atoms with Gasteiger partial charge in [-0.15, -0.1) is 0 Å². The molecule has 0 aliphatic carbocycles. The van der Waals surface area contributed by atoms with Gasteiger partial charge in [-0.3, -0.25) is 16.1 Å². The van der Waals surface area contributed by atoms with Crippen LogP contribution >= 0.6 is 15.4 Å². The van der Waals surface area contributed by atoms with Crippen LogP contribution in [0.15, 0.2) is 0 Å². The van der Waals surface area contributed by atoms with E-state index in [4.69, 9.17) is 16.6 Å². The van der Waals surface area contributed by atoms with Crippen LogP contribution in [0.2, 0.25) is 0 Å². The van der Waals surface area contributed by atoms with Gasteiger partial charge in [0.2, 0.25) is 0 Å². The predicted molar refractivity (Wildman–Crippen MR) is 60.7 cm³/mol. The third kappa shape index (κ3) is 8.36. The maximum atomic E-state index is 10.4. The maximum Gasteiger partial charge on any atom is 0.317 e. The third-order valence-corrected chi connectivity index (χ3v) is 2.80. The minimum absolute atomic E-state index is 0.0268. The summed E-state index contributed by atoms with van der Waals surface area (Å²) in [5, 5.41) is 16.5. The Morgan fingerprint density at radius 2 is 1.47 bits per heavy atom. The van der Waals surface area contributed by atoms with Gasteiger partial charge < -0.3 is 10.6 Å². The Morgan fingerprint density at radius 1 is 1.06 bits per heavy atom. The maximum absolute atomic E-state index is 10.4. The molecule has 11 heteroatoms. The van der Waals surface area contributed by atoms with E-state index in [-0.39, 0.29) is 31.4 Å². The zero-order valence-corrected chi connectivity index (χ0v) is 10.7. The highest BCUT2D eigenvalue weighted by Gasteiger charge is 2.12. The van der Waals surface area contributed by atoms with E-state index in [1.165, 1.54) is 4.90 Å². The first kappa shape index (κ1) is 15.5. The van der Waals surface area contributed by atoms with Crippen LogP contribution in [-0.4, -0.2) is 42.2 Å². The van der Waals surface area contributed by atoms with E-state index in [0.29, 0.717) is 0 Å². The summed E-state index contributed by atoms with van der Waals surface area (Å²) in [6.07, 6.45) is -0.403. The van der Waals surface area contributed by atoms with Crippen molar-refractivity contribution in [2.24, 2.45) is 5.73 Å². The molecular formula is C6H13N5O4P2. The van der Waals surface area contributed by atoms with Crippen molar-refractivity contribution in [2.75, 3.05) is 25.4 Å². The van der Waals surface area contributed by atoms with Crippen molar-refractivity contribution in [3.63, 3.8) is 0 Å². The molecule has 0 aromatic rings. The zero-order chi connectivity index (χ0) is 13.4. The van der Waals surface area contributed by atoms with Gasteiger partial charge >= 0.3 is 15.4 Å². The molecule has 0 saturated carbocycles. The molecule has 0 rings (SSSR count). The van der Waals surface area contributed by atoms with Crippen LogP contribution in [0.1, 0.15) is 0 Å². The summed E-state index contributed by atoms with van der Waals surface area (Å²) in [5.41, 5.74) is 5.01. The number of nitrogens with two attached hydrogens (primary N) is 1. The molecule has 5 N–H and O–H groups in total. The molecule has 0 saturated heterocycles. The van der Waals surface area contributed by atoms with Gasteiger partial charge in [0, 0.05) is 13.1 Å². The van der Waals surface area contributed by atoms with Gasteiger partial charge in [-0.05, 0) is 0 Å². The van der Waals surface area contributed by atoms with E-state index in [2.05, 4.69) is 5.32 Å². The Balaban J connectivity index is 4.46. The molecular weight excluding hydrogens is 268 g/mol. The normalized spacial score (nSPS) is 9.41. The van der Waals surface area contributed by atoms with Crippen molar-refractivity contribution in [3.05, 3.63) is 0 Å². The lowest BCUT2D eigenvalue weighted by Gasteiger charge is -2.22. The SMILES string of the molecule is N=C(N)NC(=N)N(CCP(=O)=O)CCP(=O)=O. The number of hydrogen-bond donors (Lipinski definition) is 4. The first-order chi connectivity index (χ1) is 7.82. The van der Waals surface area contributed by atoms with Crippen LogP contribution in [0.5, 0.6) is 0 Å². The second-order valence-corrected chi connectivity index (χ2v) is 5.21. The Morgan fingerprint density at radius 3 is 1.76 bits per heavy atom. The molecule has 0 radical (unpaired) electrons. The predicted octanol–water partition coefficient (Wildman–Crippen LogP) is 0.0520. The number of hydrogen-bond acceptors (Lipinski definition) is 6. The van der Waals surface area contributed by atoms with Crippen LogP contribution in [0.25, 0.3) is 0 Å². The van der Waals surface area contributed by atoms with E-state index < -0.39 is 21.3 Å². The van der Waals surface area contributed by atoms with E-state index in [1.54, 1.807) is 0 Å². The lowest BCUT2D eigenvalue weighted by molar-refractivity contribution is 0.439. The lowest BCUT2D eigenvalue weighted by atomic mass is 10.5. The first-order valence-corrected chi connectivity index (χ1v) is 7.23. The second-order valence-electron chi connectivity index (χ2n) is 2.99. The van der Waals surface area contributed by atoms with Crippen LogP contribution in [-0.2, 0) is 18.3 Å². The molecule has 0 fully saturated rings. The zero-order valence-electron chi connectivity index (χ0n) is 8.88. The molecule has 0 heterocycles. The Bertz CT molecular complexity index is 388. The number of rotatable bonds is 6. The molecule has 0 aromatic carbocycles. The van der Waals surface area contributed by atoms with Crippen LogP contribution < -0.4 is 11.1 Å². The molecule has 0 aromatic heterocycles. The van der Waals surface area contributed by atoms with Crippen molar-refractivity contribution >= 4 is 27.3 Å². The molecule has 0 atom stereocenters. The van der Waals surface area contributed by atoms with Crippen LogP contribution in [0.4, 0.5) is 0 Å². The summed E-state index contributed by atoms with van der Waals surface area (Å²) in [5.74, 6) is -0.774. The Hall–Kier alpha value is -1.46. The minimum atomic E-state index is -2.61. The summed E-state index contributed by atoms with van der Waals surface area (Å²) in [6, 6.07) is 0. The summed E-state index contributed by atoms with van der Waals surface area (Å²) in [6.45, 7) is -0.0536. The highest BCUT2D eigenvalue weighted by atomic mass is 31.1. The monoisotopic (exact) mass is 281 g/mol. The third-order valence-electron chi connectivity index (χ3n) is 1.67. The van der Waals surface area contributed by atoms with Gasteiger partial charge in [0.1, 0.15) is 0 Å². The largest absolute Gasteiger partial charge is 0.370 e. The van der Waals surface area contributed by atoms with Gasteiger partial charge in [0.05, 0.1) is 12.3 Å². The molecule has 0 amide bonds. The summed E-state index contributed by atoms with van der Waals surface area (Å²) < 4.78 is 41.7. The summed E-state index contributed by atoms with van der Waals surface area (Å²) in [7, 11) is -5.21. The van der Waals surface area contributed by atoms with Crippen LogP contribution in [0, 0.1) is 10.8 Å². The fourth-order valence-corrected chi connectivity index (χ4v) is 1.76. The number of nitrogens with one attached hydrogen (secondary N) is 3. The summed E-state index contributed by atoms with van der Waals surface area (Å²) in [4.78, 5) is 1.19. The van der Waals surface area contributed by atoms with Crippen LogP contribution in [0.3, 0.4) is 0 Å². The number of nitrogens with zero attached hydrogens (tertiary/aromatic N) is 1. The van der Waals surface area contributed by atoms with Gasteiger partial charge in [0.15, 0.2) is 11.9 Å². The van der Waals surface area contributed by atoms with Gasteiger partial charge in [-0.2, -0.15) is 0 Å². The van der Waals surface area contributed by atoms with Crippen molar-refractivity contribution in [1.29, 1.82) is 10.8 Å². The van der Waals surface area contributed by atoms with Crippen molar-refractivity contribution in [2.45, 2.75) is 0 Å². The molecule has 0 spiro atoms. The quantitative estimate of drug-likeness (QED) is 0.304. The fraction of sp³-hybridized carbons (Fsp3) is 0.667.